The molecule has 2 aromatic rings. The molecule has 1 amide bonds. The van der Waals surface area contributed by atoms with Crippen LogP contribution in [0.25, 0.3) is 10.8 Å². The summed E-state index contributed by atoms with van der Waals surface area (Å²) in [4.78, 5) is 14.9. The van der Waals surface area contributed by atoms with Crippen LogP contribution in [0.3, 0.4) is 0 Å². The summed E-state index contributed by atoms with van der Waals surface area (Å²) in [5.41, 5.74) is 0.903. The topological polar surface area (TPSA) is 32.3 Å². The highest BCUT2D eigenvalue weighted by Gasteiger charge is 2.25. The van der Waals surface area contributed by atoms with E-state index < -0.39 is 0 Å². The number of nitrogens with zero attached hydrogens (tertiary/aromatic N) is 1. The van der Waals surface area contributed by atoms with E-state index in [2.05, 4.69) is 35.3 Å². The molecule has 0 aromatic heterocycles. The van der Waals surface area contributed by atoms with E-state index in [-0.39, 0.29) is 11.9 Å². The Labute approximate surface area is 132 Å². The fourth-order valence-electron chi connectivity index (χ4n) is 3.31. The summed E-state index contributed by atoms with van der Waals surface area (Å²) in [6.07, 6.45) is 2.46. The number of anilines is 1. The highest BCUT2D eigenvalue weighted by atomic mass is 16.2. The summed E-state index contributed by atoms with van der Waals surface area (Å²) in [6, 6.07) is 14.1. The van der Waals surface area contributed by atoms with Crippen LogP contribution in [0, 0.1) is 5.92 Å². The zero-order valence-electron chi connectivity index (χ0n) is 13.4. The Morgan fingerprint density at radius 3 is 2.82 bits per heavy atom. The molecule has 0 spiro atoms. The standard InChI is InChI=1S/C19H24N2O/c1-14-7-6-12-21(13-14)15(2)19(22)20-18-11-5-9-16-8-3-4-10-17(16)18/h3-5,8-11,14-15H,6-7,12-13H2,1-2H3,(H,20,22)/t14-,15-/m0/s1. The largest absolute Gasteiger partial charge is 0.324 e. The van der Waals surface area contributed by atoms with E-state index in [4.69, 9.17) is 0 Å². The molecule has 2 atom stereocenters. The molecule has 2 aromatic carbocycles. The Kier molecular flexibility index (Phi) is 4.44. The number of rotatable bonds is 3. The lowest BCUT2D eigenvalue weighted by Crippen LogP contribution is -2.46. The first-order chi connectivity index (χ1) is 10.6. The van der Waals surface area contributed by atoms with Crippen LogP contribution >= 0.6 is 0 Å². The van der Waals surface area contributed by atoms with Crippen molar-refractivity contribution in [1.29, 1.82) is 0 Å². The smallest absolute Gasteiger partial charge is 0.241 e. The van der Waals surface area contributed by atoms with E-state index in [0.717, 1.165) is 29.5 Å². The molecule has 1 N–H and O–H groups in total. The van der Waals surface area contributed by atoms with Crippen molar-refractivity contribution in [2.45, 2.75) is 32.7 Å². The summed E-state index contributed by atoms with van der Waals surface area (Å²) in [5.74, 6) is 0.770. The predicted octanol–water partition coefficient (Wildman–Crippen LogP) is 3.90. The molecule has 3 heteroatoms. The average Bonchev–Trinajstić information content (AvgIpc) is 2.54. The van der Waals surface area contributed by atoms with Gasteiger partial charge in [-0.15, -0.1) is 0 Å². The van der Waals surface area contributed by atoms with Crippen molar-refractivity contribution in [3.05, 3.63) is 42.5 Å². The van der Waals surface area contributed by atoms with Crippen LogP contribution in [0.1, 0.15) is 26.7 Å². The Hall–Kier alpha value is -1.87. The van der Waals surface area contributed by atoms with E-state index in [1.165, 1.54) is 12.8 Å². The molecule has 1 saturated heterocycles. The number of amides is 1. The molecular formula is C19H24N2O. The van der Waals surface area contributed by atoms with Gasteiger partial charge in [0.25, 0.3) is 0 Å². The summed E-state index contributed by atoms with van der Waals surface area (Å²) in [5, 5.41) is 5.36. The van der Waals surface area contributed by atoms with E-state index in [9.17, 15) is 4.79 Å². The van der Waals surface area contributed by atoms with Gasteiger partial charge in [0.2, 0.25) is 5.91 Å². The fraction of sp³-hybridized carbons (Fsp3) is 0.421. The van der Waals surface area contributed by atoms with Gasteiger partial charge in [0, 0.05) is 17.6 Å². The van der Waals surface area contributed by atoms with Crippen LogP contribution in [-0.4, -0.2) is 29.9 Å². The zero-order valence-corrected chi connectivity index (χ0v) is 13.4. The van der Waals surface area contributed by atoms with E-state index in [1.54, 1.807) is 0 Å². The van der Waals surface area contributed by atoms with Gasteiger partial charge < -0.3 is 5.32 Å². The van der Waals surface area contributed by atoms with Gasteiger partial charge in [-0.1, -0.05) is 43.3 Å². The first-order valence-electron chi connectivity index (χ1n) is 8.18. The highest BCUT2D eigenvalue weighted by Crippen LogP contribution is 2.24. The van der Waals surface area contributed by atoms with Crippen LogP contribution in [0.2, 0.25) is 0 Å². The van der Waals surface area contributed by atoms with Crippen LogP contribution < -0.4 is 5.32 Å². The normalized spacial score (nSPS) is 20.7. The molecule has 0 bridgehead atoms. The molecular weight excluding hydrogens is 272 g/mol. The van der Waals surface area contributed by atoms with Gasteiger partial charge in [-0.05, 0) is 43.7 Å². The first-order valence-corrected chi connectivity index (χ1v) is 8.18. The number of hydrogen-bond acceptors (Lipinski definition) is 2. The molecule has 1 aliphatic heterocycles. The van der Waals surface area contributed by atoms with Crippen LogP contribution in [-0.2, 0) is 4.79 Å². The monoisotopic (exact) mass is 296 g/mol. The van der Waals surface area contributed by atoms with E-state index >= 15 is 0 Å². The van der Waals surface area contributed by atoms with E-state index in [1.807, 2.05) is 31.2 Å². The number of nitrogens with one attached hydrogen (secondary N) is 1. The van der Waals surface area contributed by atoms with Crippen molar-refractivity contribution in [3.63, 3.8) is 0 Å². The van der Waals surface area contributed by atoms with Crippen LogP contribution in [0.5, 0.6) is 0 Å². The highest BCUT2D eigenvalue weighted by molar-refractivity contribution is 6.03. The minimum atomic E-state index is -0.0817. The SMILES string of the molecule is C[C@H]1CCCN([C@@H](C)C(=O)Nc2cccc3ccccc23)C1. The Balaban J connectivity index is 1.75. The van der Waals surface area contributed by atoms with Gasteiger partial charge >= 0.3 is 0 Å². The second-order valence-corrected chi connectivity index (χ2v) is 6.43. The molecule has 3 rings (SSSR count). The molecule has 1 aliphatic rings. The molecule has 1 fully saturated rings. The van der Waals surface area contributed by atoms with Crippen molar-refractivity contribution in [1.82, 2.24) is 4.90 Å². The summed E-state index contributed by atoms with van der Waals surface area (Å²) in [6.45, 7) is 6.32. The van der Waals surface area contributed by atoms with Gasteiger partial charge in [-0.25, -0.2) is 0 Å². The van der Waals surface area contributed by atoms with Gasteiger partial charge in [0.15, 0.2) is 0 Å². The van der Waals surface area contributed by atoms with Crippen LogP contribution in [0.15, 0.2) is 42.5 Å². The third-order valence-corrected chi connectivity index (χ3v) is 4.66. The van der Waals surface area contributed by atoms with Crippen molar-refractivity contribution < 1.29 is 4.79 Å². The minimum Gasteiger partial charge on any atom is -0.324 e. The maximum absolute atomic E-state index is 12.6. The quantitative estimate of drug-likeness (QED) is 0.931. The molecule has 0 unspecified atom stereocenters. The number of fused-ring (bicyclic) bond motifs is 1. The lowest BCUT2D eigenvalue weighted by Gasteiger charge is -2.34. The first kappa shape index (κ1) is 15.0. The Morgan fingerprint density at radius 1 is 1.23 bits per heavy atom. The number of hydrogen-bond donors (Lipinski definition) is 1. The van der Waals surface area contributed by atoms with Gasteiger partial charge in [-0.2, -0.15) is 0 Å². The number of piperidine rings is 1. The number of carbonyl (C=O) groups excluding carboxylic acids is 1. The Morgan fingerprint density at radius 2 is 2.00 bits per heavy atom. The van der Waals surface area contributed by atoms with Crippen molar-refractivity contribution >= 4 is 22.4 Å². The second kappa shape index (κ2) is 6.49. The average molecular weight is 296 g/mol. The molecule has 116 valence electrons. The minimum absolute atomic E-state index is 0.0817. The molecule has 22 heavy (non-hydrogen) atoms. The molecule has 0 radical (unpaired) electrons. The van der Waals surface area contributed by atoms with Crippen LogP contribution in [0.4, 0.5) is 5.69 Å². The van der Waals surface area contributed by atoms with Crippen molar-refractivity contribution in [2.75, 3.05) is 18.4 Å². The number of carbonyl (C=O) groups is 1. The summed E-state index contributed by atoms with van der Waals surface area (Å²) in [7, 11) is 0. The Bertz CT molecular complexity index is 662. The molecule has 1 heterocycles. The third-order valence-electron chi connectivity index (χ3n) is 4.66. The maximum atomic E-state index is 12.6. The summed E-state index contributed by atoms with van der Waals surface area (Å²) >= 11 is 0. The number of likely N-dealkylation sites (tertiary alicyclic amines) is 1. The van der Waals surface area contributed by atoms with E-state index in [0.29, 0.717) is 5.92 Å². The molecule has 0 saturated carbocycles. The molecule has 3 nitrogen and oxygen atoms in total. The third kappa shape index (κ3) is 3.14. The zero-order chi connectivity index (χ0) is 15.5. The van der Waals surface area contributed by atoms with Crippen molar-refractivity contribution in [2.24, 2.45) is 5.92 Å². The van der Waals surface area contributed by atoms with Crippen molar-refractivity contribution in [3.8, 4) is 0 Å². The summed E-state index contributed by atoms with van der Waals surface area (Å²) < 4.78 is 0. The molecule has 0 aliphatic carbocycles. The fourth-order valence-corrected chi connectivity index (χ4v) is 3.31. The predicted molar refractivity (Wildman–Crippen MR) is 92.0 cm³/mol. The van der Waals surface area contributed by atoms with Gasteiger partial charge in [0.05, 0.1) is 6.04 Å². The second-order valence-electron chi connectivity index (χ2n) is 6.43. The lowest BCUT2D eigenvalue weighted by atomic mass is 9.99. The lowest BCUT2D eigenvalue weighted by molar-refractivity contribution is -0.121. The maximum Gasteiger partial charge on any atom is 0.241 e. The van der Waals surface area contributed by atoms with Gasteiger partial charge in [-0.3, -0.25) is 9.69 Å². The van der Waals surface area contributed by atoms with Gasteiger partial charge in [0.1, 0.15) is 0 Å². The number of benzene rings is 2.